The fourth-order valence-electron chi connectivity index (χ4n) is 2.94. The van der Waals surface area contributed by atoms with Gasteiger partial charge in [-0.1, -0.05) is 94.3 Å². The van der Waals surface area contributed by atoms with Crippen LogP contribution in [0.15, 0.2) is 42.5 Å². The minimum Gasteiger partial charge on any atom is -0.377 e. The van der Waals surface area contributed by atoms with Crippen LogP contribution in [0.1, 0.15) is 63.9 Å². The van der Waals surface area contributed by atoms with Crippen LogP contribution in [0.5, 0.6) is 0 Å². The van der Waals surface area contributed by atoms with Gasteiger partial charge in [0.15, 0.2) is 0 Å². The molecule has 2 rings (SSSR count). The Morgan fingerprint density at radius 2 is 1.41 bits per heavy atom. The smallest absolute Gasteiger partial charge is 0.0722 e. The number of hydrogen-bond donors (Lipinski definition) is 0. The minimum atomic E-state index is 0.734. The van der Waals surface area contributed by atoms with Crippen LogP contribution in [0.2, 0.25) is 0 Å². The molecule has 0 bridgehead atoms. The lowest BCUT2D eigenvalue weighted by Gasteiger charge is -2.08. The van der Waals surface area contributed by atoms with Gasteiger partial charge in [0, 0.05) is 6.61 Å². The van der Waals surface area contributed by atoms with Gasteiger partial charge in [-0.05, 0) is 22.8 Å². The first-order valence-corrected chi connectivity index (χ1v) is 8.96. The topological polar surface area (TPSA) is 9.23 Å². The van der Waals surface area contributed by atoms with Gasteiger partial charge in [0.25, 0.3) is 0 Å². The maximum absolute atomic E-state index is 5.87. The molecule has 0 aliphatic rings. The van der Waals surface area contributed by atoms with Crippen LogP contribution in [0.4, 0.5) is 0 Å². The van der Waals surface area contributed by atoms with Gasteiger partial charge < -0.3 is 4.74 Å². The predicted molar refractivity (Wildman–Crippen MR) is 96.2 cm³/mol. The molecule has 0 fully saturated rings. The number of hydrogen-bond acceptors (Lipinski definition) is 1. The molecular formula is C21H30O. The molecule has 0 aromatic heterocycles. The molecule has 0 N–H and O–H groups in total. The van der Waals surface area contributed by atoms with Crippen LogP contribution in [-0.2, 0) is 11.3 Å². The molecule has 1 nitrogen and oxygen atoms in total. The predicted octanol–water partition coefficient (Wildman–Crippen LogP) is 6.50. The summed E-state index contributed by atoms with van der Waals surface area (Å²) in [5, 5.41) is 2.62. The Bertz CT molecular complexity index is 527. The van der Waals surface area contributed by atoms with E-state index < -0.39 is 0 Å². The highest BCUT2D eigenvalue weighted by atomic mass is 16.5. The fraction of sp³-hybridized carbons (Fsp3) is 0.524. The van der Waals surface area contributed by atoms with Crippen molar-refractivity contribution in [2.45, 2.75) is 64.9 Å². The Kier molecular flexibility index (Phi) is 8.04. The number of rotatable bonds is 11. The van der Waals surface area contributed by atoms with Crippen molar-refractivity contribution in [2.75, 3.05) is 6.61 Å². The zero-order valence-corrected chi connectivity index (χ0v) is 14.0. The maximum atomic E-state index is 5.87. The summed E-state index contributed by atoms with van der Waals surface area (Å²) >= 11 is 0. The Morgan fingerprint density at radius 1 is 0.727 bits per heavy atom. The molecule has 0 atom stereocenters. The molecule has 120 valence electrons. The summed E-state index contributed by atoms with van der Waals surface area (Å²) in [4.78, 5) is 0. The Labute approximate surface area is 135 Å². The lowest BCUT2D eigenvalue weighted by atomic mass is 10.1. The first kappa shape index (κ1) is 17.0. The van der Waals surface area contributed by atoms with Gasteiger partial charge in [-0.2, -0.15) is 0 Å². The van der Waals surface area contributed by atoms with Crippen molar-refractivity contribution in [1.82, 2.24) is 0 Å². The summed E-state index contributed by atoms with van der Waals surface area (Å²) in [6, 6.07) is 15.0. The van der Waals surface area contributed by atoms with E-state index in [1.165, 1.54) is 67.7 Å². The SMILES string of the molecule is CCCCCCCCCCOCc1cccc2ccccc12. The molecule has 0 saturated heterocycles. The standard InChI is InChI=1S/C21H30O/c1-2-3-4-5-6-7-8-11-17-22-18-20-15-12-14-19-13-9-10-16-21(19)20/h9-10,12-16H,2-8,11,17-18H2,1H3. The first-order valence-electron chi connectivity index (χ1n) is 8.96. The van der Waals surface area contributed by atoms with Gasteiger partial charge in [0.05, 0.1) is 6.61 Å². The Hall–Kier alpha value is -1.34. The summed E-state index contributed by atoms with van der Waals surface area (Å²) in [6.45, 7) is 3.89. The second kappa shape index (κ2) is 10.4. The van der Waals surface area contributed by atoms with E-state index in [1.54, 1.807) is 0 Å². The van der Waals surface area contributed by atoms with E-state index in [9.17, 15) is 0 Å². The van der Waals surface area contributed by atoms with Gasteiger partial charge in [0.1, 0.15) is 0 Å². The van der Waals surface area contributed by atoms with E-state index >= 15 is 0 Å². The summed E-state index contributed by atoms with van der Waals surface area (Å²) in [6.07, 6.45) is 10.8. The van der Waals surface area contributed by atoms with Crippen LogP contribution in [0.25, 0.3) is 10.8 Å². The molecule has 2 aromatic carbocycles. The quantitative estimate of drug-likeness (QED) is 0.430. The average molecular weight is 298 g/mol. The van der Waals surface area contributed by atoms with Crippen molar-refractivity contribution in [3.05, 3.63) is 48.0 Å². The van der Waals surface area contributed by atoms with Crippen LogP contribution in [0.3, 0.4) is 0 Å². The van der Waals surface area contributed by atoms with Crippen LogP contribution < -0.4 is 0 Å². The molecule has 0 radical (unpaired) electrons. The number of fused-ring (bicyclic) bond motifs is 1. The third kappa shape index (κ3) is 5.81. The van der Waals surface area contributed by atoms with Crippen LogP contribution >= 0.6 is 0 Å². The van der Waals surface area contributed by atoms with Crippen molar-refractivity contribution in [1.29, 1.82) is 0 Å². The molecular weight excluding hydrogens is 268 g/mol. The van der Waals surface area contributed by atoms with Gasteiger partial charge in [-0.25, -0.2) is 0 Å². The van der Waals surface area contributed by atoms with E-state index in [-0.39, 0.29) is 0 Å². The second-order valence-corrected chi connectivity index (χ2v) is 6.17. The highest BCUT2D eigenvalue weighted by Crippen LogP contribution is 2.19. The molecule has 0 saturated carbocycles. The molecule has 22 heavy (non-hydrogen) atoms. The normalized spacial score (nSPS) is 11.1. The van der Waals surface area contributed by atoms with Crippen molar-refractivity contribution >= 4 is 10.8 Å². The molecule has 0 aliphatic heterocycles. The van der Waals surface area contributed by atoms with Crippen molar-refractivity contribution < 1.29 is 4.74 Å². The third-order valence-electron chi connectivity index (χ3n) is 4.28. The molecule has 0 amide bonds. The van der Waals surface area contributed by atoms with Gasteiger partial charge in [-0.15, -0.1) is 0 Å². The van der Waals surface area contributed by atoms with Crippen LogP contribution in [0, 0.1) is 0 Å². The molecule has 0 aliphatic carbocycles. The summed E-state index contributed by atoms with van der Waals surface area (Å²) in [7, 11) is 0. The highest BCUT2D eigenvalue weighted by Gasteiger charge is 2.00. The lowest BCUT2D eigenvalue weighted by Crippen LogP contribution is -1.96. The highest BCUT2D eigenvalue weighted by molar-refractivity contribution is 5.85. The van der Waals surface area contributed by atoms with Gasteiger partial charge in [0.2, 0.25) is 0 Å². The number of unbranched alkanes of at least 4 members (excludes halogenated alkanes) is 7. The second-order valence-electron chi connectivity index (χ2n) is 6.17. The number of benzene rings is 2. The van der Waals surface area contributed by atoms with E-state index in [1.807, 2.05) is 0 Å². The number of ether oxygens (including phenoxy) is 1. The van der Waals surface area contributed by atoms with E-state index in [4.69, 9.17) is 4.74 Å². The summed E-state index contributed by atoms with van der Waals surface area (Å²) in [5.41, 5.74) is 1.30. The maximum Gasteiger partial charge on any atom is 0.0722 e. The molecule has 0 heterocycles. The third-order valence-corrected chi connectivity index (χ3v) is 4.28. The van der Waals surface area contributed by atoms with Crippen molar-refractivity contribution in [3.8, 4) is 0 Å². The molecule has 0 unspecified atom stereocenters. The Balaban J connectivity index is 1.59. The van der Waals surface area contributed by atoms with E-state index in [2.05, 4.69) is 49.4 Å². The largest absolute Gasteiger partial charge is 0.377 e. The van der Waals surface area contributed by atoms with Gasteiger partial charge >= 0.3 is 0 Å². The monoisotopic (exact) mass is 298 g/mol. The van der Waals surface area contributed by atoms with E-state index in [0.717, 1.165) is 13.2 Å². The molecule has 0 spiro atoms. The van der Waals surface area contributed by atoms with Crippen LogP contribution in [-0.4, -0.2) is 6.61 Å². The summed E-state index contributed by atoms with van der Waals surface area (Å²) in [5.74, 6) is 0. The minimum absolute atomic E-state index is 0.734. The summed E-state index contributed by atoms with van der Waals surface area (Å²) < 4.78 is 5.87. The zero-order chi connectivity index (χ0) is 15.5. The lowest BCUT2D eigenvalue weighted by molar-refractivity contribution is 0.117. The van der Waals surface area contributed by atoms with Crippen molar-refractivity contribution in [2.24, 2.45) is 0 Å². The molecule has 1 heteroatoms. The first-order chi connectivity index (χ1) is 10.9. The zero-order valence-electron chi connectivity index (χ0n) is 14.0. The fourth-order valence-corrected chi connectivity index (χ4v) is 2.94. The molecule has 2 aromatic rings. The van der Waals surface area contributed by atoms with E-state index in [0.29, 0.717) is 0 Å². The van der Waals surface area contributed by atoms with Crippen molar-refractivity contribution in [3.63, 3.8) is 0 Å². The van der Waals surface area contributed by atoms with Gasteiger partial charge in [-0.3, -0.25) is 0 Å². The average Bonchev–Trinajstić information content (AvgIpc) is 2.56. The Morgan fingerprint density at radius 3 is 2.23 bits per heavy atom.